The first-order valence-corrected chi connectivity index (χ1v) is 4.04. The first-order valence-electron chi connectivity index (χ1n) is 4.04. The van der Waals surface area contributed by atoms with Gasteiger partial charge in [-0.15, -0.1) is 0 Å². The highest BCUT2D eigenvalue weighted by molar-refractivity contribution is 4.57. The Balaban J connectivity index is 3.21. The number of nitrogens with one attached hydrogen (secondary N) is 1. The van der Waals surface area contributed by atoms with Crippen LogP contribution >= 0.6 is 0 Å². The molecule has 0 spiro atoms. The van der Waals surface area contributed by atoms with Crippen LogP contribution in [0.3, 0.4) is 0 Å². The Hall–Kier alpha value is -0.0800. The molecule has 0 bridgehead atoms. The van der Waals surface area contributed by atoms with Gasteiger partial charge in [0.05, 0.1) is 6.61 Å². The summed E-state index contributed by atoms with van der Waals surface area (Å²) in [5.41, 5.74) is 0. The Labute approximate surface area is 64.0 Å². The van der Waals surface area contributed by atoms with E-state index in [0.29, 0.717) is 5.92 Å². The van der Waals surface area contributed by atoms with E-state index >= 15 is 0 Å². The summed E-state index contributed by atoms with van der Waals surface area (Å²) in [6, 6.07) is 0. The quantitative estimate of drug-likeness (QED) is 0.607. The fourth-order valence-electron chi connectivity index (χ4n) is 0.905. The molecule has 0 radical (unpaired) electrons. The summed E-state index contributed by atoms with van der Waals surface area (Å²) in [5, 5.41) is 3.30. The van der Waals surface area contributed by atoms with Crippen molar-refractivity contribution in [1.82, 2.24) is 5.32 Å². The third kappa shape index (κ3) is 4.77. The number of hydrogen-bond acceptors (Lipinski definition) is 2. The monoisotopic (exact) mass is 145 g/mol. The van der Waals surface area contributed by atoms with Crippen molar-refractivity contribution in [2.75, 3.05) is 26.8 Å². The van der Waals surface area contributed by atoms with E-state index in [1.54, 1.807) is 7.11 Å². The van der Waals surface area contributed by atoms with Crippen LogP contribution < -0.4 is 5.32 Å². The van der Waals surface area contributed by atoms with Gasteiger partial charge in [0.25, 0.3) is 0 Å². The molecule has 0 aromatic carbocycles. The Kier molecular flexibility index (Phi) is 6.98. The predicted molar refractivity (Wildman–Crippen MR) is 44.2 cm³/mol. The summed E-state index contributed by atoms with van der Waals surface area (Å²) in [6.45, 7) is 7.34. The molecule has 0 amide bonds. The molecule has 0 aromatic heterocycles. The fraction of sp³-hybridized carbons (Fsp3) is 1.00. The normalized spacial score (nSPS) is 13.5. The van der Waals surface area contributed by atoms with Crippen molar-refractivity contribution in [2.24, 2.45) is 5.92 Å². The van der Waals surface area contributed by atoms with Crippen LogP contribution in [0.1, 0.15) is 20.3 Å². The average molecular weight is 145 g/mol. The number of methoxy groups -OCH3 is 1. The minimum atomic E-state index is 0.685. The third-order valence-electron chi connectivity index (χ3n) is 1.66. The van der Waals surface area contributed by atoms with Crippen LogP contribution in [0, 0.1) is 5.92 Å². The molecule has 0 aliphatic rings. The molecule has 0 aliphatic heterocycles. The van der Waals surface area contributed by atoms with E-state index in [-0.39, 0.29) is 0 Å². The molecule has 0 saturated heterocycles. The molecule has 0 rings (SSSR count). The summed E-state index contributed by atoms with van der Waals surface area (Å²) in [5.74, 6) is 0.685. The smallest absolute Gasteiger partial charge is 0.0502 e. The molecule has 0 unspecified atom stereocenters. The van der Waals surface area contributed by atoms with E-state index in [4.69, 9.17) is 4.74 Å². The Morgan fingerprint density at radius 1 is 1.40 bits per heavy atom. The van der Waals surface area contributed by atoms with Crippen molar-refractivity contribution in [3.05, 3.63) is 0 Å². The van der Waals surface area contributed by atoms with Crippen molar-refractivity contribution in [2.45, 2.75) is 20.3 Å². The molecule has 2 nitrogen and oxygen atoms in total. The van der Waals surface area contributed by atoms with Gasteiger partial charge in [-0.2, -0.15) is 0 Å². The van der Waals surface area contributed by atoms with Crippen molar-refractivity contribution in [1.29, 1.82) is 0 Å². The average Bonchev–Trinajstić information content (AvgIpc) is 1.98. The van der Waals surface area contributed by atoms with E-state index in [9.17, 15) is 0 Å². The van der Waals surface area contributed by atoms with E-state index in [1.807, 2.05) is 0 Å². The summed E-state index contributed by atoms with van der Waals surface area (Å²) >= 11 is 0. The SMILES string of the molecule is CCNC[C@H](CC)COC. The summed E-state index contributed by atoms with van der Waals surface area (Å²) in [6.07, 6.45) is 1.20. The van der Waals surface area contributed by atoms with Gasteiger partial charge in [0, 0.05) is 13.7 Å². The lowest BCUT2D eigenvalue weighted by atomic mass is 10.1. The highest BCUT2D eigenvalue weighted by Gasteiger charge is 2.02. The zero-order valence-electron chi connectivity index (χ0n) is 7.31. The molecule has 2 heteroatoms. The number of rotatable bonds is 6. The van der Waals surface area contributed by atoms with E-state index in [1.165, 1.54) is 6.42 Å². The second-order valence-electron chi connectivity index (χ2n) is 2.54. The Morgan fingerprint density at radius 2 is 2.10 bits per heavy atom. The Bertz CT molecular complexity index is 66.3. The van der Waals surface area contributed by atoms with Gasteiger partial charge in [-0.3, -0.25) is 0 Å². The molecule has 10 heavy (non-hydrogen) atoms. The highest BCUT2D eigenvalue weighted by Crippen LogP contribution is 1.99. The second-order valence-corrected chi connectivity index (χ2v) is 2.54. The summed E-state index contributed by atoms with van der Waals surface area (Å²) in [7, 11) is 1.76. The molecule has 0 fully saturated rings. The summed E-state index contributed by atoms with van der Waals surface area (Å²) in [4.78, 5) is 0. The maximum absolute atomic E-state index is 5.05. The molecule has 0 heterocycles. The van der Waals surface area contributed by atoms with E-state index in [0.717, 1.165) is 19.7 Å². The van der Waals surface area contributed by atoms with Gasteiger partial charge < -0.3 is 10.1 Å². The van der Waals surface area contributed by atoms with Crippen molar-refractivity contribution < 1.29 is 4.74 Å². The molecular formula is C8H19NO. The van der Waals surface area contributed by atoms with Crippen molar-refractivity contribution in [3.63, 3.8) is 0 Å². The molecule has 0 aliphatic carbocycles. The van der Waals surface area contributed by atoms with Crippen LogP contribution in [0.15, 0.2) is 0 Å². The van der Waals surface area contributed by atoms with Crippen LogP contribution in [0.25, 0.3) is 0 Å². The molecule has 62 valence electrons. The zero-order valence-corrected chi connectivity index (χ0v) is 7.31. The minimum Gasteiger partial charge on any atom is -0.384 e. The lowest BCUT2D eigenvalue weighted by molar-refractivity contribution is 0.149. The molecular weight excluding hydrogens is 126 g/mol. The fourth-order valence-corrected chi connectivity index (χ4v) is 0.905. The third-order valence-corrected chi connectivity index (χ3v) is 1.66. The predicted octanol–water partition coefficient (Wildman–Crippen LogP) is 1.27. The standard InChI is InChI=1S/C8H19NO/c1-4-8(7-10-3)6-9-5-2/h8-9H,4-7H2,1-3H3/t8-/m0/s1. The summed E-state index contributed by atoms with van der Waals surface area (Å²) < 4.78 is 5.05. The number of hydrogen-bond donors (Lipinski definition) is 1. The van der Waals surface area contributed by atoms with Crippen LogP contribution in [0.5, 0.6) is 0 Å². The molecule has 0 saturated carbocycles. The second kappa shape index (κ2) is 7.03. The van der Waals surface area contributed by atoms with Crippen LogP contribution in [-0.2, 0) is 4.74 Å². The largest absolute Gasteiger partial charge is 0.384 e. The van der Waals surface area contributed by atoms with Gasteiger partial charge in [0.1, 0.15) is 0 Å². The van der Waals surface area contributed by atoms with Gasteiger partial charge in [-0.1, -0.05) is 13.8 Å². The maximum atomic E-state index is 5.05. The maximum Gasteiger partial charge on any atom is 0.0502 e. The lowest BCUT2D eigenvalue weighted by Gasteiger charge is -2.12. The van der Waals surface area contributed by atoms with Gasteiger partial charge >= 0.3 is 0 Å². The Morgan fingerprint density at radius 3 is 2.50 bits per heavy atom. The topological polar surface area (TPSA) is 21.3 Å². The van der Waals surface area contributed by atoms with Gasteiger partial charge in [-0.05, 0) is 18.9 Å². The molecule has 0 aromatic rings. The minimum absolute atomic E-state index is 0.685. The van der Waals surface area contributed by atoms with Gasteiger partial charge in [0.2, 0.25) is 0 Å². The van der Waals surface area contributed by atoms with Crippen LogP contribution in [0.4, 0.5) is 0 Å². The number of ether oxygens (including phenoxy) is 1. The van der Waals surface area contributed by atoms with Crippen molar-refractivity contribution >= 4 is 0 Å². The first kappa shape index (κ1) is 9.92. The highest BCUT2D eigenvalue weighted by atomic mass is 16.5. The van der Waals surface area contributed by atoms with Gasteiger partial charge in [-0.25, -0.2) is 0 Å². The van der Waals surface area contributed by atoms with E-state index < -0.39 is 0 Å². The molecule has 1 atom stereocenters. The lowest BCUT2D eigenvalue weighted by Crippen LogP contribution is -2.24. The first-order chi connectivity index (χ1) is 4.85. The van der Waals surface area contributed by atoms with Crippen LogP contribution in [0.2, 0.25) is 0 Å². The van der Waals surface area contributed by atoms with Gasteiger partial charge in [0.15, 0.2) is 0 Å². The van der Waals surface area contributed by atoms with E-state index in [2.05, 4.69) is 19.2 Å². The van der Waals surface area contributed by atoms with Crippen molar-refractivity contribution in [3.8, 4) is 0 Å². The molecule has 1 N–H and O–H groups in total. The zero-order chi connectivity index (χ0) is 7.82. The van der Waals surface area contributed by atoms with Crippen LogP contribution in [-0.4, -0.2) is 26.8 Å².